The van der Waals surface area contributed by atoms with Crippen LogP contribution in [0.2, 0.25) is 0 Å². The first-order valence-electron chi connectivity index (χ1n) is 5.17. The summed E-state index contributed by atoms with van der Waals surface area (Å²) >= 11 is 3.51. The third kappa shape index (κ3) is 2.72. The first kappa shape index (κ1) is 15.1. The van der Waals surface area contributed by atoms with Gasteiger partial charge in [-0.15, -0.1) is 24.8 Å². The summed E-state index contributed by atoms with van der Waals surface area (Å²) in [6.07, 6.45) is 2.06. The summed E-state index contributed by atoms with van der Waals surface area (Å²) in [7, 11) is 0. The molecule has 18 heavy (non-hydrogen) atoms. The van der Waals surface area contributed by atoms with Gasteiger partial charge in [0.15, 0.2) is 0 Å². The molecule has 0 atom stereocenters. The van der Waals surface area contributed by atoms with Gasteiger partial charge < -0.3 is 4.98 Å². The lowest BCUT2D eigenvalue weighted by Gasteiger charge is -1.99. The minimum Gasteiger partial charge on any atom is -0.361 e. The van der Waals surface area contributed by atoms with Crippen molar-refractivity contribution in [2.75, 3.05) is 0 Å². The van der Waals surface area contributed by atoms with E-state index in [1.807, 2.05) is 12.1 Å². The summed E-state index contributed by atoms with van der Waals surface area (Å²) in [5.41, 5.74) is 3.66. The van der Waals surface area contributed by atoms with Crippen LogP contribution in [0.1, 0.15) is 0 Å². The van der Waals surface area contributed by atoms with Crippen LogP contribution in [0.3, 0.4) is 0 Å². The average molecular weight is 345 g/mol. The smallest absolute Gasteiger partial charge is 0.0461 e. The molecular formula is C14H12BrCl2N. The van der Waals surface area contributed by atoms with Gasteiger partial charge in [-0.2, -0.15) is 0 Å². The number of halogens is 3. The van der Waals surface area contributed by atoms with E-state index in [2.05, 4.69) is 63.5 Å². The van der Waals surface area contributed by atoms with Crippen LogP contribution in [0, 0.1) is 0 Å². The molecule has 4 heteroatoms. The maximum atomic E-state index is 3.51. The van der Waals surface area contributed by atoms with E-state index >= 15 is 0 Å². The zero-order chi connectivity index (χ0) is 11.0. The van der Waals surface area contributed by atoms with Gasteiger partial charge in [0.1, 0.15) is 0 Å². The second-order valence-electron chi connectivity index (χ2n) is 3.76. The van der Waals surface area contributed by atoms with Crippen molar-refractivity contribution in [1.29, 1.82) is 0 Å². The monoisotopic (exact) mass is 343 g/mol. The molecule has 2 aromatic carbocycles. The molecule has 0 radical (unpaired) electrons. The Hall–Kier alpha value is -0.960. The van der Waals surface area contributed by atoms with E-state index in [4.69, 9.17) is 0 Å². The van der Waals surface area contributed by atoms with Crippen molar-refractivity contribution in [3.63, 3.8) is 0 Å². The van der Waals surface area contributed by atoms with Crippen LogP contribution in [0.15, 0.2) is 59.2 Å². The lowest BCUT2D eigenvalue weighted by Crippen LogP contribution is -1.74. The third-order valence-corrected chi connectivity index (χ3v) is 3.22. The number of nitrogens with one attached hydrogen (secondary N) is 1. The van der Waals surface area contributed by atoms with E-state index in [-0.39, 0.29) is 24.8 Å². The molecule has 0 aliphatic heterocycles. The fourth-order valence-corrected chi connectivity index (χ4v) is 2.31. The molecule has 0 bridgehead atoms. The fourth-order valence-electron chi connectivity index (χ4n) is 1.95. The number of hydrogen-bond donors (Lipinski definition) is 1. The zero-order valence-corrected chi connectivity index (χ0v) is 12.6. The SMILES string of the molecule is Brc1ccc2[nH]cc(-c3ccccc3)c2c1.Cl.Cl. The van der Waals surface area contributed by atoms with Crippen LogP contribution in [-0.4, -0.2) is 4.98 Å². The lowest BCUT2D eigenvalue weighted by molar-refractivity contribution is 1.47. The Bertz CT molecular complexity index is 635. The van der Waals surface area contributed by atoms with E-state index in [1.54, 1.807) is 0 Å². The molecule has 0 aliphatic rings. The topological polar surface area (TPSA) is 15.8 Å². The molecule has 1 N–H and O–H groups in total. The summed E-state index contributed by atoms with van der Waals surface area (Å²) in [6, 6.07) is 16.7. The predicted molar refractivity (Wildman–Crippen MR) is 85.9 cm³/mol. The highest BCUT2D eigenvalue weighted by atomic mass is 79.9. The van der Waals surface area contributed by atoms with Gasteiger partial charge in [-0.1, -0.05) is 46.3 Å². The van der Waals surface area contributed by atoms with Crippen molar-refractivity contribution in [1.82, 2.24) is 4.98 Å². The predicted octanol–water partition coefficient (Wildman–Crippen LogP) is 5.44. The summed E-state index contributed by atoms with van der Waals surface area (Å²) in [5.74, 6) is 0. The third-order valence-electron chi connectivity index (χ3n) is 2.73. The normalized spacial score (nSPS) is 9.61. The molecule has 0 fully saturated rings. The van der Waals surface area contributed by atoms with Gasteiger partial charge in [0.2, 0.25) is 0 Å². The molecule has 0 spiro atoms. The highest BCUT2D eigenvalue weighted by Gasteiger charge is 2.05. The standard InChI is InChI=1S/C14H10BrN.2ClH/c15-11-6-7-14-12(8-11)13(9-16-14)10-4-2-1-3-5-10;;/h1-9,16H;2*1H. The number of benzene rings is 2. The minimum atomic E-state index is 0. The van der Waals surface area contributed by atoms with Gasteiger partial charge in [-0.25, -0.2) is 0 Å². The number of aromatic nitrogens is 1. The van der Waals surface area contributed by atoms with E-state index in [1.165, 1.54) is 22.0 Å². The fraction of sp³-hybridized carbons (Fsp3) is 0. The molecule has 0 saturated heterocycles. The zero-order valence-electron chi connectivity index (χ0n) is 9.39. The Morgan fingerprint density at radius 1 is 0.889 bits per heavy atom. The van der Waals surface area contributed by atoms with Gasteiger partial charge in [0, 0.05) is 27.1 Å². The van der Waals surface area contributed by atoms with Gasteiger partial charge in [-0.05, 0) is 23.8 Å². The van der Waals surface area contributed by atoms with Crippen molar-refractivity contribution in [3.05, 3.63) is 59.2 Å². The van der Waals surface area contributed by atoms with Crippen LogP contribution in [0.5, 0.6) is 0 Å². The molecule has 3 aromatic rings. The van der Waals surface area contributed by atoms with Crippen LogP contribution in [0.25, 0.3) is 22.0 Å². The largest absolute Gasteiger partial charge is 0.361 e. The molecule has 0 amide bonds. The molecule has 1 aromatic heterocycles. The molecule has 0 aliphatic carbocycles. The van der Waals surface area contributed by atoms with Crippen LogP contribution >= 0.6 is 40.7 Å². The van der Waals surface area contributed by atoms with E-state index in [9.17, 15) is 0 Å². The number of rotatable bonds is 1. The van der Waals surface area contributed by atoms with E-state index < -0.39 is 0 Å². The van der Waals surface area contributed by atoms with Crippen LogP contribution < -0.4 is 0 Å². The second-order valence-corrected chi connectivity index (χ2v) is 4.67. The molecular weight excluding hydrogens is 333 g/mol. The maximum Gasteiger partial charge on any atom is 0.0461 e. The van der Waals surface area contributed by atoms with E-state index in [0.717, 1.165) is 4.47 Å². The molecule has 3 rings (SSSR count). The second kappa shape index (κ2) is 6.28. The van der Waals surface area contributed by atoms with Gasteiger partial charge >= 0.3 is 0 Å². The van der Waals surface area contributed by atoms with Crippen LogP contribution in [-0.2, 0) is 0 Å². The van der Waals surface area contributed by atoms with Crippen molar-refractivity contribution in [3.8, 4) is 11.1 Å². The summed E-state index contributed by atoms with van der Waals surface area (Å²) < 4.78 is 1.11. The quantitative estimate of drug-likeness (QED) is 0.604. The Morgan fingerprint density at radius 2 is 1.61 bits per heavy atom. The van der Waals surface area contributed by atoms with Gasteiger partial charge in [-0.3, -0.25) is 0 Å². The highest BCUT2D eigenvalue weighted by Crippen LogP contribution is 2.30. The Balaban J connectivity index is 0.000000810. The van der Waals surface area contributed by atoms with Crippen molar-refractivity contribution in [2.24, 2.45) is 0 Å². The Morgan fingerprint density at radius 3 is 2.33 bits per heavy atom. The molecule has 94 valence electrons. The number of hydrogen-bond acceptors (Lipinski definition) is 0. The Kier molecular flexibility index (Phi) is 5.27. The lowest BCUT2D eigenvalue weighted by atomic mass is 10.1. The van der Waals surface area contributed by atoms with Crippen molar-refractivity contribution in [2.45, 2.75) is 0 Å². The van der Waals surface area contributed by atoms with Crippen molar-refractivity contribution >= 4 is 51.6 Å². The van der Waals surface area contributed by atoms with E-state index in [0.29, 0.717) is 0 Å². The van der Waals surface area contributed by atoms with Crippen molar-refractivity contribution < 1.29 is 0 Å². The van der Waals surface area contributed by atoms with Crippen LogP contribution in [0.4, 0.5) is 0 Å². The highest BCUT2D eigenvalue weighted by molar-refractivity contribution is 9.10. The number of H-pyrrole nitrogens is 1. The van der Waals surface area contributed by atoms with Gasteiger partial charge in [0.25, 0.3) is 0 Å². The summed E-state index contributed by atoms with van der Waals surface area (Å²) in [5, 5.41) is 1.25. The average Bonchev–Trinajstić information content (AvgIpc) is 2.73. The van der Waals surface area contributed by atoms with Gasteiger partial charge in [0.05, 0.1) is 0 Å². The number of aromatic amines is 1. The molecule has 1 nitrogen and oxygen atoms in total. The maximum absolute atomic E-state index is 3.51. The first-order valence-corrected chi connectivity index (χ1v) is 5.96. The minimum absolute atomic E-state index is 0. The molecule has 0 unspecified atom stereocenters. The summed E-state index contributed by atoms with van der Waals surface area (Å²) in [6.45, 7) is 0. The first-order chi connectivity index (χ1) is 7.84. The summed E-state index contributed by atoms with van der Waals surface area (Å²) in [4.78, 5) is 3.29. The molecule has 0 saturated carbocycles. The number of fused-ring (bicyclic) bond motifs is 1. The molecule has 1 heterocycles. The Labute approximate surface area is 127 Å².